The molecule has 0 unspecified atom stereocenters. The number of rotatable bonds is 3. The molecule has 4 nitrogen and oxygen atoms in total. The highest BCUT2D eigenvalue weighted by atomic mass is 35.5. The number of thiophene rings is 1. The average molecular weight is 338 g/mol. The van der Waals surface area contributed by atoms with Crippen molar-refractivity contribution >= 4 is 28.8 Å². The van der Waals surface area contributed by atoms with Gasteiger partial charge in [0, 0.05) is 6.54 Å². The van der Waals surface area contributed by atoms with Crippen LogP contribution in [0.1, 0.15) is 21.3 Å². The number of halogens is 1. The molecular weight excluding hydrogens is 322 g/mol. The Labute approximate surface area is 138 Å². The first-order valence-electron chi connectivity index (χ1n) is 6.97. The second-order valence-electron chi connectivity index (χ2n) is 4.99. The summed E-state index contributed by atoms with van der Waals surface area (Å²) >= 11 is 7.22. The van der Waals surface area contributed by atoms with E-state index in [0.717, 1.165) is 11.3 Å². The van der Waals surface area contributed by atoms with Crippen molar-refractivity contribution in [3.8, 4) is 5.75 Å². The van der Waals surface area contributed by atoms with Crippen LogP contribution in [0.2, 0.25) is 4.34 Å². The standard InChI is InChI=1S/C16H16ClNO3S/c1-20-12-4-2-3-11(9-12)13-10-18(7-8-21-13)16(19)14-5-6-15(17)22-14/h2-6,9,13H,7-8,10H2,1H3/t13-/m1/s1. The molecule has 1 fully saturated rings. The third-order valence-electron chi connectivity index (χ3n) is 3.60. The maximum absolute atomic E-state index is 12.5. The Hall–Kier alpha value is -1.56. The third kappa shape index (κ3) is 3.27. The van der Waals surface area contributed by atoms with Gasteiger partial charge in [0.05, 0.1) is 29.5 Å². The van der Waals surface area contributed by atoms with Crippen LogP contribution >= 0.6 is 22.9 Å². The van der Waals surface area contributed by atoms with Crippen molar-refractivity contribution < 1.29 is 14.3 Å². The molecule has 0 bridgehead atoms. The van der Waals surface area contributed by atoms with Gasteiger partial charge in [-0.3, -0.25) is 4.79 Å². The fourth-order valence-corrected chi connectivity index (χ4v) is 3.47. The predicted molar refractivity (Wildman–Crippen MR) is 86.9 cm³/mol. The number of carbonyl (C=O) groups is 1. The highest BCUT2D eigenvalue weighted by molar-refractivity contribution is 7.17. The minimum absolute atomic E-state index is 0.00750. The van der Waals surface area contributed by atoms with Crippen LogP contribution in [0.3, 0.4) is 0 Å². The van der Waals surface area contributed by atoms with Gasteiger partial charge in [-0.2, -0.15) is 0 Å². The molecule has 0 saturated carbocycles. The number of hydrogen-bond acceptors (Lipinski definition) is 4. The second kappa shape index (κ2) is 6.69. The summed E-state index contributed by atoms with van der Waals surface area (Å²) in [7, 11) is 1.64. The van der Waals surface area contributed by atoms with Gasteiger partial charge in [0.15, 0.2) is 0 Å². The van der Waals surface area contributed by atoms with E-state index in [-0.39, 0.29) is 12.0 Å². The Morgan fingerprint density at radius 1 is 1.41 bits per heavy atom. The molecule has 1 amide bonds. The number of hydrogen-bond donors (Lipinski definition) is 0. The van der Waals surface area contributed by atoms with Gasteiger partial charge in [-0.25, -0.2) is 0 Å². The summed E-state index contributed by atoms with van der Waals surface area (Å²) in [5.74, 6) is 0.794. The molecule has 0 radical (unpaired) electrons. The maximum Gasteiger partial charge on any atom is 0.264 e. The van der Waals surface area contributed by atoms with E-state index in [1.165, 1.54) is 11.3 Å². The molecule has 1 aliphatic heterocycles. The number of ether oxygens (including phenoxy) is 2. The molecule has 0 aliphatic carbocycles. The average Bonchev–Trinajstić information content (AvgIpc) is 3.01. The van der Waals surface area contributed by atoms with E-state index < -0.39 is 0 Å². The van der Waals surface area contributed by atoms with Gasteiger partial charge in [0.2, 0.25) is 0 Å². The first kappa shape index (κ1) is 15.3. The molecule has 1 aliphatic rings. The zero-order chi connectivity index (χ0) is 15.5. The van der Waals surface area contributed by atoms with E-state index in [0.29, 0.717) is 28.9 Å². The lowest BCUT2D eigenvalue weighted by Crippen LogP contribution is -2.42. The largest absolute Gasteiger partial charge is 0.497 e. The summed E-state index contributed by atoms with van der Waals surface area (Å²) in [5, 5.41) is 0. The fraction of sp³-hybridized carbons (Fsp3) is 0.312. The minimum atomic E-state index is -0.136. The fourth-order valence-electron chi connectivity index (χ4n) is 2.46. The number of benzene rings is 1. The van der Waals surface area contributed by atoms with Gasteiger partial charge in [0.25, 0.3) is 5.91 Å². The zero-order valence-corrected chi connectivity index (χ0v) is 13.7. The molecule has 22 heavy (non-hydrogen) atoms. The molecule has 1 aromatic heterocycles. The number of morpholine rings is 1. The molecular formula is C16H16ClNO3S. The number of amides is 1. The normalized spacial score (nSPS) is 18.3. The molecule has 1 saturated heterocycles. The van der Waals surface area contributed by atoms with Crippen molar-refractivity contribution in [2.45, 2.75) is 6.10 Å². The number of methoxy groups -OCH3 is 1. The minimum Gasteiger partial charge on any atom is -0.497 e. The van der Waals surface area contributed by atoms with Crippen molar-refractivity contribution in [1.29, 1.82) is 0 Å². The van der Waals surface area contributed by atoms with Crippen molar-refractivity contribution in [2.24, 2.45) is 0 Å². The van der Waals surface area contributed by atoms with Crippen molar-refractivity contribution in [1.82, 2.24) is 4.90 Å². The van der Waals surface area contributed by atoms with E-state index in [4.69, 9.17) is 21.1 Å². The van der Waals surface area contributed by atoms with Gasteiger partial charge < -0.3 is 14.4 Å². The first-order chi connectivity index (χ1) is 10.7. The zero-order valence-electron chi connectivity index (χ0n) is 12.1. The van der Waals surface area contributed by atoms with Crippen molar-refractivity contribution in [2.75, 3.05) is 26.8 Å². The van der Waals surface area contributed by atoms with Crippen LogP contribution in [0.5, 0.6) is 5.75 Å². The lowest BCUT2D eigenvalue weighted by molar-refractivity contribution is -0.0227. The van der Waals surface area contributed by atoms with Crippen LogP contribution in [0.15, 0.2) is 36.4 Å². The highest BCUT2D eigenvalue weighted by Crippen LogP contribution is 2.28. The third-order valence-corrected chi connectivity index (χ3v) is 4.82. The Balaban J connectivity index is 1.75. The van der Waals surface area contributed by atoms with Gasteiger partial charge in [0.1, 0.15) is 11.9 Å². The second-order valence-corrected chi connectivity index (χ2v) is 6.71. The molecule has 1 aromatic carbocycles. The molecule has 2 aromatic rings. The van der Waals surface area contributed by atoms with E-state index in [1.807, 2.05) is 29.2 Å². The number of carbonyl (C=O) groups excluding carboxylic acids is 1. The quantitative estimate of drug-likeness (QED) is 0.858. The Kier molecular flexibility index (Phi) is 4.66. The molecule has 1 atom stereocenters. The van der Waals surface area contributed by atoms with E-state index in [9.17, 15) is 4.79 Å². The SMILES string of the molecule is COc1cccc([C@H]2CN(C(=O)c3ccc(Cl)s3)CCO2)c1. The van der Waals surface area contributed by atoms with Crippen molar-refractivity contribution in [3.63, 3.8) is 0 Å². The molecule has 3 rings (SSSR count). The van der Waals surface area contributed by atoms with E-state index >= 15 is 0 Å². The smallest absolute Gasteiger partial charge is 0.264 e. The summed E-state index contributed by atoms with van der Waals surface area (Å²) < 4.78 is 11.7. The summed E-state index contributed by atoms with van der Waals surface area (Å²) in [4.78, 5) is 15.0. The van der Waals surface area contributed by atoms with Crippen LogP contribution < -0.4 is 4.74 Å². The van der Waals surface area contributed by atoms with Gasteiger partial charge in [-0.05, 0) is 29.8 Å². The lowest BCUT2D eigenvalue weighted by atomic mass is 10.1. The highest BCUT2D eigenvalue weighted by Gasteiger charge is 2.27. The molecule has 0 spiro atoms. The lowest BCUT2D eigenvalue weighted by Gasteiger charge is -2.33. The number of nitrogens with zero attached hydrogens (tertiary/aromatic N) is 1. The Morgan fingerprint density at radius 3 is 3.00 bits per heavy atom. The summed E-state index contributed by atoms with van der Waals surface area (Å²) in [6, 6.07) is 11.3. The van der Waals surface area contributed by atoms with Gasteiger partial charge in [-0.1, -0.05) is 23.7 Å². The molecule has 0 N–H and O–H groups in total. The van der Waals surface area contributed by atoms with Crippen LogP contribution in [-0.4, -0.2) is 37.6 Å². The Bertz CT molecular complexity index is 673. The molecule has 6 heteroatoms. The Morgan fingerprint density at radius 2 is 2.27 bits per heavy atom. The van der Waals surface area contributed by atoms with Crippen LogP contribution in [0, 0.1) is 0 Å². The van der Waals surface area contributed by atoms with Crippen molar-refractivity contribution in [3.05, 3.63) is 51.2 Å². The predicted octanol–water partition coefficient (Wildman–Crippen LogP) is 3.62. The van der Waals surface area contributed by atoms with E-state index in [1.54, 1.807) is 19.2 Å². The maximum atomic E-state index is 12.5. The summed E-state index contributed by atoms with van der Waals surface area (Å²) in [6.07, 6.45) is -0.136. The molecule has 116 valence electrons. The van der Waals surface area contributed by atoms with Gasteiger partial charge in [-0.15, -0.1) is 11.3 Å². The summed E-state index contributed by atoms with van der Waals surface area (Å²) in [5.41, 5.74) is 1.01. The van der Waals surface area contributed by atoms with E-state index in [2.05, 4.69) is 0 Å². The van der Waals surface area contributed by atoms with Crippen LogP contribution in [-0.2, 0) is 4.74 Å². The topological polar surface area (TPSA) is 38.8 Å². The van der Waals surface area contributed by atoms with Crippen LogP contribution in [0.4, 0.5) is 0 Å². The monoisotopic (exact) mass is 337 g/mol. The van der Waals surface area contributed by atoms with Crippen LogP contribution in [0.25, 0.3) is 0 Å². The molecule has 2 heterocycles. The summed E-state index contributed by atoms with van der Waals surface area (Å²) in [6.45, 7) is 1.64. The first-order valence-corrected chi connectivity index (χ1v) is 8.17. The van der Waals surface area contributed by atoms with Gasteiger partial charge >= 0.3 is 0 Å².